The molecule has 2 N–H and O–H groups in total. The summed E-state index contributed by atoms with van der Waals surface area (Å²) in [5, 5.41) is 11.9. The zero-order chi connectivity index (χ0) is 15.3. The van der Waals surface area contributed by atoms with Gasteiger partial charge in [-0.1, -0.05) is 12.1 Å². The van der Waals surface area contributed by atoms with Crippen LogP contribution in [0, 0.1) is 0 Å². The summed E-state index contributed by atoms with van der Waals surface area (Å²) >= 11 is 0.741. The smallest absolute Gasteiger partial charge is 0.398 e. The van der Waals surface area contributed by atoms with E-state index in [1.165, 1.54) is 0 Å². The topological polar surface area (TPSA) is 45.4 Å². The van der Waals surface area contributed by atoms with Gasteiger partial charge in [0, 0.05) is 10.6 Å². The van der Waals surface area contributed by atoms with Crippen LogP contribution in [0.2, 0.25) is 0 Å². The number of nitrogens with one attached hydrogen (secondary N) is 1. The lowest BCUT2D eigenvalue weighted by molar-refractivity contribution is -0.105. The highest BCUT2D eigenvalue weighted by atomic mass is 32.2. The van der Waals surface area contributed by atoms with Gasteiger partial charge in [-0.2, -0.15) is 13.2 Å². The summed E-state index contributed by atoms with van der Waals surface area (Å²) in [7, 11) is 0. The largest absolute Gasteiger partial charge is 0.462 e. The number of hydrogen-bond donors (Lipinski definition) is 2. The summed E-state index contributed by atoms with van der Waals surface area (Å²) in [5.41, 5.74) is 0.619. The molecule has 0 aliphatic heterocycles. The third-order valence-electron chi connectivity index (χ3n) is 2.60. The third kappa shape index (κ3) is 5.02. The van der Waals surface area contributed by atoms with Crippen LogP contribution in [0.15, 0.2) is 45.7 Å². The molecule has 0 radical (unpaired) electrons. The van der Waals surface area contributed by atoms with E-state index in [9.17, 15) is 13.2 Å². The standard InChI is InChI=1S/C14H14F3NO2S/c15-14(16,17)9-21-13-4-2-1-3-12(13)18-7-10-5-6-11(8-19)20-10/h1-6,18-19H,7-9H2. The van der Waals surface area contributed by atoms with Crippen molar-refractivity contribution in [2.24, 2.45) is 0 Å². The minimum atomic E-state index is -4.20. The highest BCUT2D eigenvalue weighted by molar-refractivity contribution is 7.99. The Hall–Kier alpha value is -1.60. The molecule has 114 valence electrons. The van der Waals surface area contributed by atoms with E-state index < -0.39 is 11.9 Å². The normalized spacial score (nSPS) is 11.6. The van der Waals surface area contributed by atoms with Crippen LogP contribution in [0.4, 0.5) is 18.9 Å². The van der Waals surface area contributed by atoms with Crippen molar-refractivity contribution in [3.8, 4) is 0 Å². The van der Waals surface area contributed by atoms with Crippen molar-refractivity contribution >= 4 is 17.4 Å². The summed E-state index contributed by atoms with van der Waals surface area (Å²) in [6, 6.07) is 10.2. The quantitative estimate of drug-likeness (QED) is 0.789. The van der Waals surface area contributed by atoms with Gasteiger partial charge in [0.05, 0.1) is 12.3 Å². The van der Waals surface area contributed by atoms with E-state index in [0.29, 0.717) is 28.6 Å². The number of benzene rings is 1. The number of thioether (sulfide) groups is 1. The second-order valence-corrected chi connectivity index (χ2v) is 5.30. The summed E-state index contributed by atoms with van der Waals surface area (Å²) in [6.07, 6.45) is -4.20. The third-order valence-corrected chi connectivity index (χ3v) is 3.74. The maximum absolute atomic E-state index is 12.3. The minimum absolute atomic E-state index is 0.183. The molecule has 2 rings (SSSR count). The van der Waals surface area contributed by atoms with Crippen molar-refractivity contribution in [1.82, 2.24) is 0 Å². The first-order valence-electron chi connectivity index (χ1n) is 6.19. The van der Waals surface area contributed by atoms with Crippen LogP contribution >= 0.6 is 11.8 Å². The number of rotatable bonds is 6. The Morgan fingerprint density at radius 3 is 2.48 bits per heavy atom. The van der Waals surface area contributed by atoms with Gasteiger partial charge in [0.15, 0.2) is 0 Å². The zero-order valence-corrected chi connectivity index (χ0v) is 11.8. The van der Waals surface area contributed by atoms with Crippen LogP contribution in [-0.2, 0) is 13.2 Å². The van der Waals surface area contributed by atoms with Gasteiger partial charge in [-0.15, -0.1) is 11.8 Å². The lowest BCUT2D eigenvalue weighted by atomic mass is 10.3. The Balaban J connectivity index is 1.99. The van der Waals surface area contributed by atoms with E-state index in [4.69, 9.17) is 9.52 Å². The minimum Gasteiger partial charge on any atom is -0.462 e. The van der Waals surface area contributed by atoms with Gasteiger partial charge in [0.2, 0.25) is 0 Å². The van der Waals surface area contributed by atoms with Crippen LogP contribution in [0.3, 0.4) is 0 Å². The number of aliphatic hydroxyl groups excluding tert-OH is 1. The summed E-state index contributed by atoms with van der Waals surface area (Å²) in [4.78, 5) is 0.531. The molecule has 7 heteroatoms. The number of furan rings is 1. The second kappa shape index (κ2) is 6.91. The molecule has 1 heterocycles. The molecule has 0 unspecified atom stereocenters. The van der Waals surface area contributed by atoms with Gasteiger partial charge in [-0.05, 0) is 24.3 Å². The molecule has 1 aromatic carbocycles. The highest BCUT2D eigenvalue weighted by Crippen LogP contribution is 2.32. The molecule has 2 aromatic rings. The molecular weight excluding hydrogens is 303 g/mol. The van der Waals surface area contributed by atoms with Crippen LogP contribution in [-0.4, -0.2) is 17.0 Å². The van der Waals surface area contributed by atoms with E-state index in [2.05, 4.69) is 5.32 Å². The van der Waals surface area contributed by atoms with Crippen molar-refractivity contribution in [1.29, 1.82) is 0 Å². The molecule has 0 aliphatic carbocycles. The molecule has 0 saturated carbocycles. The monoisotopic (exact) mass is 317 g/mol. The molecule has 0 saturated heterocycles. The summed E-state index contributed by atoms with van der Waals surface area (Å²) in [6.45, 7) is 0.154. The average Bonchev–Trinajstić information content (AvgIpc) is 2.91. The Labute approximate surface area is 124 Å². The molecule has 21 heavy (non-hydrogen) atoms. The fourth-order valence-electron chi connectivity index (χ4n) is 1.68. The number of halogens is 3. The lowest BCUT2D eigenvalue weighted by Gasteiger charge is -2.12. The molecular formula is C14H14F3NO2S. The van der Waals surface area contributed by atoms with Gasteiger partial charge in [0.25, 0.3) is 0 Å². The molecule has 0 fully saturated rings. The first-order chi connectivity index (χ1) is 9.98. The van der Waals surface area contributed by atoms with E-state index in [-0.39, 0.29) is 6.61 Å². The number of alkyl halides is 3. The van der Waals surface area contributed by atoms with Gasteiger partial charge in [-0.25, -0.2) is 0 Å². The van der Waals surface area contributed by atoms with Gasteiger partial charge in [0.1, 0.15) is 18.1 Å². The number of anilines is 1. The van der Waals surface area contributed by atoms with Gasteiger partial charge in [-0.3, -0.25) is 0 Å². The van der Waals surface area contributed by atoms with Gasteiger partial charge < -0.3 is 14.8 Å². The van der Waals surface area contributed by atoms with Crippen molar-refractivity contribution in [3.63, 3.8) is 0 Å². The number of aliphatic hydroxyl groups is 1. The molecule has 0 amide bonds. The fraction of sp³-hybridized carbons (Fsp3) is 0.286. The molecule has 3 nitrogen and oxygen atoms in total. The maximum Gasteiger partial charge on any atom is 0.398 e. The lowest BCUT2D eigenvalue weighted by Crippen LogP contribution is -2.11. The SMILES string of the molecule is OCc1ccc(CNc2ccccc2SCC(F)(F)F)o1. The molecule has 0 aliphatic rings. The molecule has 0 spiro atoms. The van der Waals surface area contributed by atoms with Crippen molar-refractivity contribution < 1.29 is 22.7 Å². The summed E-state index contributed by atoms with van der Waals surface area (Å²) in [5.74, 6) is 0.127. The Kier molecular flexibility index (Phi) is 5.19. The molecule has 0 atom stereocenters. The van der Waals surface area contributed by atoms with Crippen LogP contribution in [0.5, 0.6) is 0 Å². The molecule has 1 aromatic heterocycles. The first kappa shape index (κ1) is 15.8. The number of hydrogen-bond acceptors (Lipinski definition) is 4. The Morgan fingerprint density at radius 2 is 1.81 bits per heavy atom. The van der Waals surface area contributed by atoms with Crippen molar-refractivity contribution in [3.05, 3.63) is 47.9 Å². The second-order valence-electron chi connectivity index (χ2n) is 4.28. The van der Waals surface area contributed by atoms with Crippen molar-refractivity contribution in [2.75, 3.05) is 11.1 Å². The maximum atomic E-state index is 12.3. The van der Waals surface area contributed by atoms with E-state index >= 15 is 0 Å². The molecule has 0 bridgehead atoms. The van der Waals surface area contributed by atoms with Crippen LogP contribution in [0.1, 0.15) is 11.5 Å². The van der Waals surface area contributed by atoms with E-state index in [1.807, 2.05) is 0 Å². The van der Waals surface area contributed by atoms with Crippen LogP contribution < -0.4 is 5.32 Å². The highest BCUT2D eigenvalue weighted by Gasteiger charge is 2.27. The van der Waals surface area contributed by atoms with Gasteiger partial charge >= 0.3 is 6.18 Å². The predicted molar refractivity (Wildman–Crippen MR) is 75.2 cm³/mol. The van der Waals surface area contributed by atoms with Crippen LogP contribution in [0.25, 0.3) is 0 Å². The Morgan fingerprint density at radius 1 is 1.10 bits per heavy atom. The van der Waals surface area contributed by atoms with E-state index in [0.717, 1.165) is 11.8 Å². The first-order valence-corrected chi connectivity index (χ1v) is 7.17. The summed E-state index contributed by atoms with van der Waals surface area (Å²) < 4.78 is 42.2. The predicted octanol–water partition coefficient (Wildman–Crippen LogP) is 4.04. The zero-order valence-electron chi connectivity index (χ0n) is 11.0. The Bertz CT molecular complexity index is 584. The number of para-hydroxylation sites is 1. The fourth-order valence-corrected chi connectivity index (χ4v) is 2.47. The van der Waals surface area contributed by atoms with E-state index in [1.54, 1.807) is 36.4 Å². The average molecular weight is 317 g/mol. The van der Waals surface area contributed by atoms with Crippen molar-refractivity contribution in [2.45, 2.75) is 24.2 Å².